The largest absolute Gasteiger partial charge is 0.506 e. The molecule has 0 fully saturated rings. The van der Waals surface area contributed by atoms with Crippen molar-refractivity contribution in [2.24, 2.45) is 0 Å². The van der Waals surface area contributed by atoms with E-state index in [9.17, 15) is 5.11 Å². The number of pyridine rings is 1. The monoisotopic (exact) mass is 234 g/mol. The molecule has 17 heavy (non-hydrogen) atoms. The average Bonchev–Trinajstić information content (AvgIpc) is 2.60. The van der Waals surface area contributed by atoms with E-state index in [-0.39, 0.29) is 5.75 Å². The maximum atomic E-state index is 9.54. The molecule has 92 valence electrons. The maximum Gasteiger partial charge on any atom is 0.232 e. The van der Waals surface area contributed by atoms with Crippen molar-refractivity contribution in [1.29, 1.82) is 0 Å². The van der Waals surface area contributed by atoms with Gasteiger partial charge in [-0.05, 0) is 39.8 Å². The SMILES string of the molecule is CC(C)N(c1nnc2ccc(O)cn12)C(C)C. The minimum atomic E-state index is 0.214. The second kappa shape index (κ2) is 4.24. The van der Waals surface area contributed by atoms with Gasteiger partial charge in [0, 0.05) is 12.1 Å². The maximum absolute atomic E-state index is 9.54. The third-order valence-electron chi connectivity index (χ3n) is 2.71. The van der Waals surface area contributed by atoms with Gasteiger partial charge in [-0.15, -0.1) is 10.2 Å². The number of nitrogens with zero attached hydrogens (tertiary/aromatic N) is 4. The Labute approximate surface area is 101 Å². The Hall–Kier alpha value is -1.78. The molecule has 2 rings (SSSR count). The molecule has 0 amide bonds. The highest BCUT2D eigenvalue weighted by atomic mass is 16.3. The van der Waals surface area contributed by atoms with Gasteiger partial charge in [0.25, 0.3) is 0 Å². The van der Waals surface area contributed by atoms with Gasteiger partial charge in [0.05, 0.1) is 6.20 Å². The van der Waals surface area contributed by atoms with Crippen LogP contribution in [0.1, 0.15) is 27.7 Å². The van der Waals surface area contributed by atoms with E-state index in [1.807, 2.05) is 4.40 Å². The quantitative estimate of drug-likeness (QED) is 0.883. The highest BCUT2D eigenvalue weighted by molar-refractivity contribution is 5.49. The Bertz CT molecular complexity index is 510. The predicted molar refractivity (Wildman–Crippen MR) is 67.4 cm³/mol. The van der Waals surface area contributed by atoms with Crippen molar-refractivity contribution in [2.75, 3.05) is 4.90 Å². The van der Waals surface area contributed by atoms with Gasteiger partial charge < -0.3 is 10.0 Å². The fourth-order valence-electron chi connectivity index (χ4n) is 2.10. The molecule has 1 N–H and O–H groups in total. The summed E-state index contributed by atoms with van der Waals surface area (Å²) in [5, 5.41) is 17.8. The van der Waals surface area contributed by atoms with Crippen molar-refractivity contribution in [2.45, 2.75) is 39.8 Å². The molecule has 2 heterocycles. The molecule has 0 atom stereocenters. The van der Waals surface area contributed by atoms with E-state index in [0.29, 0.717) is 12.1 Å². The Kier molecular flexibility index (Phi) is 2.92. The summed E-state index contributed by atoms with van der Waals surface area (Å²) in [5.41, 5.74) is 0.740. The average molecular weight is 234 g/mol. The van der Waals surface area contributed by atoms with E-state index in [1.165, 1.54) is 0 Å². The molecule has 0 saturated carbocycles. The van der Waals surface area contributed by atoms with Crippen LogP contribution in [0.4, 0.5) is 5.95 Å². The third-order valence-corrected chi connectivity index (χ3v) is 2.71. The number of rotatable bonds is 3. The number of aromatic nitrogens is 3. The lowest BCUT2D eigenvalue weighted by atomic mass is 10.2. The van der Waals surface area contributed by atoms with Crippen molar-refractivity contribution in [3.63, 3.8) is 0 Å². The fraction of sp³-hybridized carbons (Fsp3) is 0.500. The van der Waals surface area contributed by atoms with E-state index >= 15 is 0 Å². The highest BCUT2D eigenvalue weighted by Crippen LogP contribution is 2.21. The van der Waals surface area contributed by atoms with E-state index in [0.717, 1.165) is 11.6 Å². The molecule has 0 aromatic carbocycles. The van der Waals surface area contributed by atoms with Crippen LogP contribution < -0.4 is 4.90 Å². The zero-order chi connectivity index (χ0) is 12.6. The topological polar surface area (TPSA) is 53.7 Å². The Balaban J connectivity index is 2.57. The van der Waals surface area contributed by atoms with Crippen LogP contribution >= 0.6 is 0 Å². The molecule has 0 bridgehead atoms. The Morgan fingerprint density at radius 2 is 1.76 bits per heavy atom. The van der Waals surface area contributed by atoms with Crippen LogP contribution in [0.5, 0.6) is 5.75 Å². The van der Waals surface area contributed by atoms with Crippen LogP contribution in [0.2, 0.25) is 0 Å². The molecule has 0 unspecified atom stereocenters. The summed E-state index contributed by atoms with van der Waals surface area (Å²) in [5.74, 6) is 0.979. The summed E-state index contributed by atoms with van der Waals surface area (Å²) >= 11 is 0. The molecule has 5 heteroatoms. The molecule has 5 nitrogen and oxygen atoms in total. The van der Waals surface area contributed by atoms with E-state index < -0.39 is 0 Å². The van der Waals surface area contributed by atoms with Crippen LogP contribution in [-0.2, 0) is 0 Å². The van der Waals surface area contributed by atoms with Gasteiger partial charge in [-0.3, -0.25) is 4.40 Å². The van der Waals surface area contributed by atoms with Crippen LogP contribution in [0.3, 0.4) is 0 Å². The number of aromatic hydroxyl groups is 1. The van der Waals surface area contributed by atoms with Gasteiger partial charge >= 0.3 is 0 Å². The molecule has 0 aliphatic heterocycles. The normalized spacial score (nSPS) is 11.6. The fourth-order valence-corrected chi connectivity index (χ4v) is 2.10. The van der Waals surface area contributed by atoms with Crippen LogP contribution in [0, 0.1) is 0 Å². The minimum Gasteiger partial charge on any atom is -0.506 e. The molecule has 0 radical (unpaired) electrons. The summed E-state index contributed by atoms with van der Waals surface area (Å²) in [6.45, 7) is 8.46. The summed E-state index contributed by atoms with van der Waals surface area (Å²) in [6.07, 6.45) is 1.64. The first kappa shape index (κ1) is 11.7. The standard InChI is InChI=1S/C12H18N4O/c1-8(2)16(9(3)4)12-14-13-11-6-5-10(17)7-15(11)12/h5-9,17H,1-4H3. The smallest absolute Gasteiger partial charge is 0.232 e. The van der Waals surface area contributed by atoms with Crippen LogP contribution in [0.25, 0.3) is 5.65 Å². The van der Waals surface area contributed by atoms with Crippen LogP contribution in [0.15, 0.2) is 18.3 Å². The van der Waals surface area contributed by atoms with E-state index in [2.05, 4.69) is 42.8 Å². The number of hydrogen-bond acceptors (Lipinski definition) is 4. The molecule has 2 aromatic rings. The molecule has 2 aromatic heterocycles. The second-order valence-electron chi connectivity index (χ2n) is 4.71. The third kappa shape index (κ3) is 2.05. The van der Waals surface area contributed by atoms with Gasteiger partial charge in [0.1, 0.15) is 5.75 Å². The summed E-state index contributed by atoms with van der Waals surface area (Å²) in [4.78, 5) is 2.17. The molecule has 0 spiro atoms. The lowest BCUT2D eigenvalue weighted by Crippen LogP contribution is -2.38. The first-order chi connectivity index (χ1) is 8.00. The van der Waals surface area contributed by atoms with Gasteiger partial charge in [0.2, 0.25) is 5.95 Å². The van der Waals surface area contributed by atoms with Crippen molar-refractivity contribution in [3.8, 4) is 5.75 Å². The molecule has 0 aliphatic carbocycles. The number of fused-ring (bicyclic) bond motifs is 1. The second-order valence-corrected chi connectivity index (χ2v) is 4.71. The van der Waals surface area contributed by atoms with Gasteiger partial charge in [0.15, 0.2) is 5.65 Å². The number of hydrogen-bond donors (Lipinski definition) is 1. The first-order valence-corrected chi connectivity index (χ1v) is 5.82. The van der Waals surface area contributed by atoms with Gasteiger partial charge in [-0.1, -0.05) is 0 Å². The van der Waals surface area contributed by atoms with Gasteiger partial charge in [-0.25, -0.2) is 0 Å². The molecule has 0 aliphatic rings. The van der Waals surface area contributed by atoms with Crippen LogP contribution in [-0.4, -0.2) is 31.8 Å². The summed E-state index contributed by atoms with van der Waals surface area (Å²) in [7, 11) is 0. The Morgan fingerprint density at radius 3 is 2.35 bits per heavy atom. The highest BCUT2D eigenvalue weighted by Gasteiger charge is 2.19. The zero-order valence-corrected chi connectivity index (χ0v) is 10.6. The lowest BCUT2D eigenvalue weighted by molar-refractivity contribution is 0.471. The van der Waals surface area contributed by atoms with Crippen molar-refractivity contribution >= 4 is 11.6 Å². The molecular formula is C12H18N4O. The van der Waals surface area contributed by atoms with Crippen molar-refractivity contribution in [3.05, 3.63) is 18.3 Å². The molecule has 0 saturated heterocycles. The molecular weight excluding hydrogens is 216 g/mol. The summed E-state index contributed by atoms with van der Waals surface area (Å²) in [6, 6.07) is 4.02. The van der Waals surface area contributed by atoms with Gasteiger partial charge in [-0.2, -0.15) is 0 Å². The first-order valence-electron chi connectivity index (χ1n) is 5.82. The van der Waals surface area contributed by atoms with E-state index in [4.69, 9.17) is 0 Å². The lowest BCUT2D eigenvalue weighted by Gasteiger charge is -2.30. The zero-order valence-electron chi connectivity index (χ0n) is 10.6. The van der Waals surface area contributed by atoms with E-state index in [1.54, 1.807) is 18.3 Å². The Morgan fingerprint density at radius 1 is 1.12 bits per heavy atom. The summed E-state index contributed by atoms with van der Waals surface area (Å²) < 4.78 is 1.81. The number of anilines is 1. The predicted octanol–water partition coefficient (Wildman–Crippen LogP) is 2.06. The minimum absolute atomic E-state index is 0.214. The van der Waals surface area contributed by atoms with Crippen molar-refractivity contribution < 1.29 is 5.11 Å². The van der Waals surface area contributed by atoms with Crippen molar-refractivity contribution in [1.82, 2.24) is 14.6 Å².